The summed E-state index contributed by atoms with van der Waals surface area (Å²) in [5.41, 5.74) is 0. The molecule has 5 heteroatoms. The molecule has 0 fully saturated rings. The number of hydrogen-bond donors (Lipinski definition) is 1. The van der Waals surface area contributed by atoms with E-state index in [0.717, 1.165) is 0 Å². The van der Waals surface area contributed by atoms with Gasteiger partial charge in [0.15, 0.2) is 0 Å². The summed E-state index contributed by atoms with van der Waals surface area (Å²) >= 11 is 1.38. The molecule has 84 valence electrons. The van der Waals surface area contributed by atoms with Crippen molar-refractivity contribution >= 4 is 17.7 Å². The van der Waals surface area contributed by atoms with Crippen molar-refractivity contribution in [1.82, 2.24) is 0 Å². The molecule has 0 heterocycles. The molecule has 1 N–H and O–H groups in total. The first-order valence-electron chi connectivity index (χ1n) is 4.44. The van der Waals surface area contributed by atoms with Crippen LogP contribution in [0.3, 0.4) is 0 Å². The Hall–Kier alpha value is -0.260. The third-order valence-electron chi connectivity index (χ3n) is 1.64. The summed E-state index contributed by atoms with van der Waals surface area (Å²) in [6, 6.07) is 0. The lowest BCUT2D eigenvalue weighted by Crippen LogP contribution is -2.28. The summed E-state index contributed by atoms with van der Waals surface area (Å²) in [5, 5.41) is 8.80. The summed E-state index contributed by atoms with van der Waals surface area (Å²) < 4.78 is 9.28. The van der Waals surface area contributed by atoms with E-state index in [1.54, 1.807) is 21.0 Å². The quantitative estimate of drug-likeness (QED) is 0.626. The van der Waals surface area contributed by atoms with E-state index in [2.05, 4.69) is 0 Å². The van der Waals surface area contributed by atoms with E-state index in [-0.39, 0.29) is 0 Å². The standard InChI is InChI=1S/C9H18O4S/c1-9(2,8(10)11)14-7-6-13-5-4-12-3/h4-7H2,1-3H3,(H,10,11). The number of rotatable bonds is 8. The number of methoxy groups -OCH3 is 1. The van der Waals surface area contributed by atoms with E-state index in [1.807, 2.05) is 0 Å². The van der Waals surface area contributed by atoms with Crippen molar-refractivity contribution in [1.29, 1.82) is 0 Å². The van der Waals surface area contributed by atoms with Gasteiger partial charge in [0.2, 0.25) is 0 Å². The third-order valence-corrected chi connectivity index (χ3v) is 2.90. The van der Waals surface area contributed by atoms with Crippen LogP contribution in [-0.4, -0.2) is 48.5 Å². The second kappa shape index (κ2) is 7.09. The maximum absolute atomic E-state index is 10.7. The van der Waals surface area contributed by atoms with Crippen molar-refractivity contribution in [2.24, 2.45) is 0 Å². The SMILES string of the molecule is COCCOCCSC(C)(C)C(=O)O. The van der Waals surface area contributed by atoms with E-state index < -0.39 is 10.7 Å². The van der Waals surface area contributed by atoms with Crippen molar-refractivity contribution in [3.63, 3.8) is 0 Å². The molecule has 0 saturated heterocycles. The predicted octanol–water partition coefficient (Wildman–Crippen LogP) is 1.25. The van der Waals surface area contributed by atoms with Crippen LogP contribution in [0.4, 0.5) is 0 Å². The van der Waals surface area contributed by atoms with Crippen LogP contribution in [0.2, 0.25) is 0 Å². The highest BCUT2D eigenvalue weighted by atomic mass is 32.2. The molecule has 0 aliphatic heterocycles. The molecule has 0 atom stereocenters. The zero-order chi connectivity index (χ0) is 11.0. The number of aliphatic carboxylic acids is 1. The second-order valence-corrected chi connectivity index (χ2v) is 4.99. The Bertz CT molecular complexity index is 170. The number of thioether (sulfide) groups is 1. The summed E-state index contributed by atoms with van der Waals surface area (Å²) in [6.45, 7) is 5.08. The number of ether oxygens (including phenoxy) is 2. The van der Waals surface area contributed by atoms with Gasteiger partial charge in [-0.2, -0.15) is 0 Å². The van der Waals surface area contributed by atoms with Gasteiger partial charge in [-0.15, -0.1) is 11.8 Å². The molecule has 0 aromatic heterocycles. The summed E-state index contributed by atoms with van der Waals surface area (Å²) in [4.78, 5) is 10.7. The fraction of sp³-hybridized carbons (Fsp3) is 0.889. The van der Waals surface area contributed by atoms with Crippen LogP contribution >= 0.6 is 11.8 Å². The molecule has 0 aromatic rings. The van der Waals surface area contributed by atoms with Crippen molar-refractivity contribution in [2.45, 2.75) is 18.6 Å². The maximum atomic E-state index is 10.7. The van der Waals surface area contributed by atoms with Gasteiger partial charge in [-0.1, -0.05) is 0 Å². The Morgan fingerprint density at radius 3 is 2.50 bits per heavy atom. The molecule has 0 rings (SSSR count). The highest BCUT2D eigenvalue weighted by molar-refractivity contribution is 8.01. The van der Waals surface area contributed by atoms with Gasteiger partial charge in [0.25, 0.3) is 0 Å². The van der Waals surface area contributed by atoms with E-state index in [0.29, 0.717) is 25.6 Å². The summed E-state index contributed by atoms with van der Waals surface area (Å²) in [7, 11) is 1.62. The molecule has 4 nitrogen and oxygen atoms in total. The van der Waals surface area contributed by atoms with E-state index in [9.17, 15) is 4.79 Å². The van der Waals surface area contributed by atoms with Gasteiger partial charge < -0.3 is 14.6 Å². The second-order valence-electron chi connectivity index (χ2n) is 3.27. The topological polar surface area (TPSA) is 55.8 Å². The van der Waals surface area contributed by atoms with Crippen LogP contribution < -0.4 is 0 Å². The van der Waals surface area contributed by atoms with Gasteiger partial charge in [0.1, 0.15) is 4.75 Å². The lowest BCUT2D eigenvalue weighted by atomic mass is 10.2. The van der Waals surface area contributed by atoms with Gasteiger partial charge in [-0.3, -0.25) is 4.79 Å². The number of carboxylic acids is 1. The van der Waals surface area contributed by atoms with Crippen LogP contribution in [-0.2, 0) is 14.3 Å². The zero-order valence-electron chi connectivity index (χ0n) is 8.91. The van der Waals surface area contributed by atoms with Gasteiger partial charge in [0.05, 0.1) is 19.8 Å². The van der Waals surface area contributed by atoms with Gasteiger partial charge >= 0.3 is 5.97 Å². The highest BCUT2D eigenvalue weighted by Gasteiger charge is 2.26. The monoisotopic (exact) mass is 222 g/mol. The minimum absolute atomic E-state index is 0.560. The third kappa shape index (κ3) is 6.23. The molecular weight excluding hydrogens is 204 g/mol. The molecule has 0 radical (unpaired) electrons. The van der Waals surface area contributed by atoms with E-state index in [4.69, 9.17) is 14.6 Å². The molecule has 0 aromatic carbocycles. The molecular formula is C9H18O4S. The van der Waals surface area contributed by atoms with Crippen LogP contribution in [0.15, 0.2) is 0 Å². The van der Waals surface area contributed by atoms with E-state index in [1.165, 1.54) is 11.8 Å². The minimum atomic E-state index is -0.792. The fourth-order valence-corrected chi connectivity index (χ4v) is 1.50. The Morgan fingerprint density at radius 2 is 2.00 bits per heavy atom. The zero-order valence-corrected chi connectivity index (χ0v) is 9.73. The first-order valence-corrected chi connectivity index (χ1v) is 5.43. The normalized spacial score (nSPS) is 11.6. The average molecular weight is 222 g/mol. The molecule has 0 aliphatic carbocycles. The Kier molecular flexibility index (Phi) is 6.96. The van der Waals surface area contributed by atoms with Crippen LogP contribution in [0.5, 0.6) is 0 Å². The Labute approximate surface area is 89.0 Å². The molecule has 0 spiro atoms. The molecule has 0 amide bonds. The van der Waals surface area contributed by atoms with Crippen molar-refractivity contribution in [3.8, 4) is 0 Å². The molecule has 0 unspecified atom stereocenters. The van der Waals surface area contributed by atoms with Gasteiger partial charge in [-0.25, -0.2) is 0 Å². The Balaban J connectivity index is 3.40. The van der Waals surface area contributed by atoms with Crippen LogP contribution in [0, 0.1) is 0 Å². The van der Waals surface area contributed by atoms with Crippen LogP contribution in [0.1, 0.15) is 13.8 Å². The largest absolute Gasteiger partial charge is 0.480 e. The summed E-state index contributed by atoms with van der Waals surface area (Å²) in [6.07, 6.45) is 0. The van der Waals surface area contributed by atoms with Gasteiger partial charge in [-0.05, 0) is 13.8 Å². The molecule has 0 aliphatic rings. The number of carboxylic acid groups (broad SMARTS) is 1. The summed E-state index contributed by atoms with van der Waals surface area (Å²) in [5.74, 6) is -0.109. The lowest BCUT2D eigenvalue weighted by Gasteiger charge is -2.17. The molecule has 14 heavy (non-hydrogen) atoms. The molecule has 0 saturated carbocycles. The smallest absolute Gasteiger partial charge is 0.319 e. The van der Waals surface area contributed by atoms with E-state index >= 15 is 0 Å². The number of carbonyl (C=O) groups is 1. The predicted molar refractivity (Wildman–Crippen MR) is 56.9 cm³/mol. The first-order chi connectivity index (χ1) is 6.50. The highest BCUT2D eigenvalue weighted by Crippen LogP contribution is 2.23. The maximum Gasteiger partial charge on any atom is 0.319 e. The minimum Gasteiger partial charge on any atom is -0.480 e. The first kappa shape index (κ1) is 13.7. The van der Waals surface area contributed by atoms with Crippen LogP contribution in [0.25, 0.3) is 0 Å². The average Bonchev–Trinajstić information content (AvgIpc) is 2.10. The Morgan fingerprint density at radius 1 is 1.36 bits per heavy atom. The van der Waals surface area contributed by atoms with Crippen molar-refractivity contribution in [3.05, 3.63) is 0 Å². The lowest BCUT2D eigenvalue weighted by molar-refractivity contribution is -0.138. The van der Waals surface area contributed by atoms with Crippen molar-refractivity contribution < 1.29 is 19.4 Å². The molecule has 0 bridgehead atoms. The van der Waals surface area contributed by atoms with Gasteiger partial charge in [0, 0.05) is 12.9 Å². The van der Waals surface area contributed by atoms with Crippen molar-refractivity contribution in [2.75, 3.05) is 32.7 Å². The fourth-order valence-electron chi connectivity index (χ4n) is 0.662. The number of hydrogen-bond acceptors (Lipinski definition) is 4.